The van der Waals surface area contributed by atoms with E-state index in [1.165, 1.54) is 0 Å². The van der Waals surface area contributed by atoms with Crippen LogP contribution in [-0.4, -0.2) is 19.7 Å². The predicted molar refractivity (Wildman–Crippen MR) is 169 cm³/mol. The fourth-order valence-corrected chi connectivity index (χ4v) is 5.77. The number of aromatic nitrogens is 4. The quantitative estimate of drug-likeness (QED) is 0.224. The van der Waals surface area contributed by atoms with Crippen molar-refractivity contribution in [3.8, 4) is 50.5 Å². The molecule has 0 saturated heterocycles. The summed E-state index contributed by atoms with van der Waals surface area (Å²) in [5.74, 6) is 0. The maximum atomic E-state index is 4.90. The SMILES string of the molecule is c1ccc(-c2cnn(-c3ccc4c(c3)N(c3cccc(-c5ccccn5)c3)c3ccccc3-c3cccnc3-4)c2)cc1. The Morgan fingerprint density at radius 1 is 0.476 bits per heavy atom. The summed E-state index contributed by atoms with van der Waals surface area (Å²) in [6.45, 7) is 0. The van der Waals surface area contributed by atoms with Gasteiger partial charge in [-0.3, -0.25) is 9.97 Å². The van der Waals surface area contributed by atoms with Crippen LogP contribution >= 0.6 is 0 Å². The van der Waals surface area contributed by atoms with Gasteiger partial charge in [0.2, 0.25) is 0 Å². The van der Waals surface area contributed by atoms with E-state index in [4.69, 9.17) is 10.1 Å². The molecule has 1 aliphatic rings. The minimum absolute atomic E-state index is 0.936. The number of anilines is 3. The molecule has 0 atom stereocenters. The van der Waals surface area contributed by atoms with Gasteiger partial charge in [0.05, 0.1) is 34.6 Å². The van der Waals surface area contributed by atoms with Crippen molar-refractivity contribution in [3.05, 3.63) is 152 Å². The first-order valence-electron chi connectivity index (χ1n) is 13.9. The largest absolute Gasteiger partial charge is 0.309 e. The molecule has 5 nitrogen and oxygen atoms in total. The molecule has 0 unspecified atom stereocenters. The highest BCUT2D eigenvalue weighted by Crippen LogP contribution is 2.50. The molecule has 0 bridgehead atoms. The Bertz CT molecular complexity index is 2050. The lowest BCUT2D eigenvalue weighted by molar-refractivity contribution is 0.880. The van der Waals surface area contributed by atoms with Gasteiger partial charge in [0.1, 0.15) is 0 Å². The number of para-hydroxylation sites is 1. The van der Waals surface area contributed by atoms with Crippen molar-refractivity contribution in [2.75, 3.05) is 4.90 Å². The molecule has 3 aromatic heterocycles. The van der Waals surface area contributed by atoms with Crippen molar-refractivity contribution < 1.29 is 0 Å². The van der Waals surface area contributed by atoms with Crippen LogP contribution in [0, 0.1) is 0 Å². The predicted octanol–water partition coefficient (Wildman–Crippen LogP) is 9.11. The van der Waals surface area contributed by atoms with E-state index in [1.807, 2.05) is 65.7 Å². The summed E-state index contributed by atoms with van der Waals surface area (Å²) in [4.78, 5) is 11.9. The minimum Gasteiger partial charge on any atom is -0.309 e. The van der Waals surface area contributed by atoms with E-state index in [0.717, 1.165) is 67.5 Å². The third-order valence-electron chi connectivity index (χ3n) is 7.74. The first-order chi connectivity index (χ1) is 20.8. The molecule has 0 spiro atoms. The van der Waals surface area contributed by atoms with Crippen molar-refractivity contribution in [1.82, 2.24) is 19.7 Å². The van der Waals surface area contributed by atoms with Gasteiger partial charge in [-0.05, 0) is 60.2 Å². The lowest BCUT2D eigenvalue weighted by Crippen LogP contribution is -2.12. The van der Waals surface area contributed by atoms with Gasteiger partial charge in [-0.2, -0.15) is 5.10 Å². The Morgan fingerprint density at radius 3 is 2.19 bits per heavy atom. The van der Waals surface area contributed by atoms with Crippen molar-refractivity contribution >= 4 is 17.1 Å². The zero-order valence-electron chi connectivity index (χ0n) is 22.7. The number of benzene rings is 4. The Hall–Kier alpha value is -5.81. The molecule has 42 heavy (non-hydrogen) atoms. The molecule has 0 radical (unpaired) electrons. The lowest BCUT2D eigenvalue weighted by atomic mass is 9.99. The molecule has 4 heterocycles. The standard InChI is InChI=1S/C37H25N5/c1-2-10-26(11-3-1)28-24-40-41(25-28)29-18-19-33-36(23-29)42(30-13-8-12-27(22-30)34-16-6-7-20-38-34)35-17-5-4-14-31(35)32-15-9-21-39-37(32)33/h1-25H. The van der Waals surface area contributed by atoms with Gasteiger partial charge in [-0.25, -0.2) is 4.68 Å². The average Bonchev–Trinajstić information content (AvgIpc) is 3.53. The highest BCUT2D eigenvalue weighted by Gasteiger charge is 2.27. The van der Waals surface area contributed by atoms with Gasteiger partial charge in [0.25, 0.3) is 0 Å². The zero-order chi connectivity index (χ0) is 27.9. The highest BCUT2D eigenvalue weighted by atomic mass is 15.3. The normalized spacial score (nSPS) is 11.8. The summed E-state index contributed by atoms with van der Waals surface area (Å²) in [6.07, 6.45) is 7.71. The van der Waals surface area contributed by atoms with Crippen LogP contribution in [0.3, 0.4) is 0 Å². The molecular weight excluding hydrogens is 514 g/mol. The van der Waals surface area contributed by atoms with Crippen molar-refractivity contribution in [2.24, 2.45) is 0 Å². The molecule has 0 aliphatic carbocycles. The molecule has 0 amide bonds. The topological polar surface area (TPSA) is 46.8 Å². The van der Waals surface area contributed by atoms with Crippen molar-refractivity contribution in [2.45, 2.75) is 0 Å². The van der Waals surface area contributed by atoms with Crippen LogP contribution < -0.4 is 4.90 Å². The first-order valence-corrected chi connectivity index (χ1v) is 13.9. The first kappa shape index (κ1) is 24.0. The Labute approximate surface area is 244 Å². The monoisotopic (exact) mass is 539 g/mol. The van der Waals surface area contributed by atoms with Crippen LogP contribution in [0.1, 0.15) is 0 Å². The molecule has 1 aliphatic heterocycles. The molecule has 198 valence electrons. The summed E-state index contributed by atoms with van der Waals surface area (Å²) >= 11 is 0. The Balaban J connectivity index is 1.35. The minimum atomic E-state index is 0.936. The van der Waals surface area contributed by atoms with E-state index in [-0.39, 0.29) is 0 Å². The number of hydrogen-bond donors (Lipinski definition) is 0. The van der Waals surface area contributed by atoms with E-state index in [0.29, 0.717) is 0 Å². The van der Waals surface area contributed by atoms with Crippen molar-refractivity contribution in [3.63, 3.8) is 0 Å². The van der Waals surface area contributed by atoms with Crippen LogP contribution in [0.2, 0.25) is 0 Å². The van der Waals surface area contributed by atoms with E-state index >= 15 is 0 Å². The fourth-order valence-electron chi connectivity index (χ4n) is 5.77. The number of nitrogens with zero attached hydrogens (tertiary/aromatic N) is 5. The number of rotatable bonds is 4. The summed E-state index contributed by atoms with van der Waals surface area (Å²) in [6, 6.07) is 44.1. The van der Waals surface area contributed by atoms with Gasteiger partial charge < -0.3 is 4.90 Å². The van der Waals surface area contributed by atoms with Gasteiger partial charge in [-0.1, -0.05) is 72.8 Å². The third kappa shape index (κ3) is 4.07. The third-order valence-corrected chi connectivity index (χ3v) is 7.74. The summed E-state index contributed by atoms with van der Waals surface area (Å²) in [5, 5.41) is 4.75. The van der Waals surface area contributed by atoms with Crippen LogP contribution in [0.4, 0.5) is 17.1 Å². The van der Waals surface area contributed by atoms with Crippen LogP contribution in [0.15, 0.2) is 152 Å². The second-order valence-electron chi connectivity index (χ2n) is 10.3. The highest BCUT2D eigenvalue weighted by molar-refractivity contribution is 6.01. The number of hydrogen-bond acceptors (Lipinski definition) is 4. The summed E-state index contributed by atoms with van der Waals surface area (Å²) < 4.78 is 1.95. The average molecular weight is 540 g/mol. The molecule has 0 N–H and O–H groups in total. The molecule has 8 rings (SSSR count). The Kier molecular flexibility index (Phi) is 5.71. The molecule has 4 aromatic carbocycles. The van der Waals surface area contributed by atoms with Gasteiger partial charge in [0, 0.05) is 52.1 Å². The number of fused-ring (bicyclic) bond motifs is 5. The lowest BCUT2D eigenvalue weighted by Gasteiger charge is -2.28. The van der Waals surface area contributed by atoms with Crippen molar-refractivity contribution in [1.29, 1.82) is 0 Å². The van der Waals surface area contributed by atoms with E-state index < -0.39 is 0 Å². The maximum Gasteiger partial charge on any atom is 0.0802 e. The van der Waals surface area contributed by atoms with Crippen LogP contribution in [0.25, 0.3) is 50.5 Å². The van der Waals surface area contributed by atoms with Crippen LogP contribution in [-0.2, 0) is 0 Å². The van der Waals surface area contributed by atoms with Gasteiger partial charge in [0.15, 0.2) is 0 Å². The zero-order valence-corrected chi connectivity index (χ0v) is 22.7. The van der Waals surface area contributed by atoms with E-state index in [1.54, 1.807) is 0 Å². The van der Waals surface area contributed by atoms with Gasteiger partial charge >= 0.3 is 0 Å². The molecule has 7 aromatic rings. The number of pyridine rings is 2. The van der Waals surface area contributed by atoms with E-state index in [9.17, 15) is 0 Å². The second-order valence-corrected chi connectivity index (χ2v) is 10.3. The molecular formula is C37H25N5. The molecule has 0 fully saturated rings. The summed E-state index contributed by atoms with van der Waals surface area (Å²) in [5.41, 5.74) is 12.6. The van der Waals surface area contributed by atoms with E-state index in [2.05, 4.69) is 101 Å². The second kappa shape index (κ2) is 9.98. The smallest absolute Gasteiger partial charge is 0.0802 e. The van der Waals surface area contributed by atoms with Crippen LogP contribution in [0.5, 0.6) is 0 Å². The molecule has 0 saturated carbocycles. The van der Waals surface area contributed by atoms with Gasteiger partial charge in [-0.15, -0.1) is 0 Å². The summed E-state index contributed by atoms with van der Waals surface area (Å²) in [7, 11) is 0. The Morgan fingerprint density at radius 2 is 1.29 bits per heavy atom. The molecule has 5 heteroatoms. The maximum absolute atomic E-state index is 4.90. The fraction of sp³-hybridized carbons (Fsp3) is 0.